The third kappa shape index (κ3) is 4.44. The minimum absolute atomic E-state index is 0.0762. The van der Waals surface area contributed by atoms with E-state index in [-0.39, 0.29) is 12.5 Å². The van der Waals surface area contributed by atoms with Crippen LogP contribution < -0.4 is 10.1 Å². The molecule has 0 saturated carbocycles. The van der Waals surface area contributed by atoms with Crippen LogP contribution in [0.25, 0.3) is 11.4 Å². The number of amides is 1. The van der Waals surface area contributed by atoms with E-state index < -0.39 is 6.04 Å². The van der Waals surface area contributed by atoms with E-state index >= 15 is 0 Å². The van der Waals surface area contributed by atoms with Crippen LogP contribution in [0.3, 0.4) is 0 Å². The zero-order valence-electron chi connectivity index (χ0n) is 14.1. The molecule has 25 heavy (non-hydrogen) atoms. The van der Waals surface area contributed by atoms with Gasteiger partial charge in [-0.3, -0.25) is 4.79 Å². The summed E-state index contributed by atoms with van der Waals surface area (Å²) in [7, 11) is 0. The standard InChI is InChI=1S/C19H19N3O3/c1-13-7-6-8-15(11-13)18-21-19(25-22-18)14(2)20-17(23)12-24-16-9-4-3-5-10-16/h3-11,14H,12H2,1-2H3,(H,20,23). The molecule has 1 N–H and O–H groups in total. The summed E-state index contributed by atoms with van der Waals surface area (Å²) in [5.41, 5.74) is 1.99. The predicted molar refractivity (Wildman–Crippen MR) is 93.0 cm³/mol. The van der Waals surface area contributed by atoms with Crippen molar-refractivity contribution in [1.29, 1.82) is 0 Å². The van der Waals surface area contributed by atoms with Crippen LogP contribution in [0, 0.1) is 6.92 Å². The Balaban J connectivity index is 1.58. The second kappa shape index (κ2) is 7.61. The van der Waals surface area contributed by atoms with Crippen molar-refractivity contribution in [2.45, 2.75) is 19.9 Å². The largest absolute Gasteiger partial charge is 0.484 e. The molecule has 0 fully saturated rings. The molecule has 1 unspecified atom stereocenters. The van der Waals surface area contributed by atoms with Crippen LogP contribution in [0.1, 0.15) is 24.4 Å². The Morgan fingerprint density at radius 3 is 2.76 bits per heavy atom. The Morgan fingerprint density at radius 2 is 2.00 bits per heavy atom. The van der Waals surface area contributed by atoms with Gasteiger partial charge in [0.1, 0.15) is 11.8 Å². The molecule has 1 heterocycles. The van der Waals surface area contributed by atoms with Crippen LogP contribution in [0.5, 0.6) is 5.75 Å². The van der Waals surface area contributed by atoms with Crippen LogP contribution in [0.15, 0.2) is 59.1 Å². The first-order valence-corrected chi connectivity index (χ1v) is 7.99. The summed E-state index contributed by atoms with van der Waals surface area (Å²) < 4.78 is 10.7. The Hall–Kier alpha value is -3.15. The van der Waals surface area contributed by atoms with Crippen molar-refractivity contribution in [1.82, 2.24) is 15.5 Å². The number of para-hydroxylation sites is 1. The number of carbonyl (C=O) groups excluding carboxylic acids is 1. The number of nitrogens with zero attached hydrogens (tertiary/aromatic N) is 2. The van der Waals surface area contributed by atoms with Gasteiger partial charge in [0, 0.05) is 5.56 Å². The van der Waals surface area contributed by atoms with Crippen LogP contribution in [-0.4, -0.2) is 22.7 Å². The number of ether oxygens (including phenoxy) is 1. The molecule has 128 valence electrons. The van der Waals surface area contributed by atoms with Crippen molar-refractivity contribution < 1.29 is 14.1 Å². The maximum Gasteiger partial charge on any atom is 0.258 e. The molecular formula is C19H19N3O3. The lowest BCUT2D eigenvalue weighted by atomic mass is 10.1. The van der Waals surface area contributed by atoms with E-state index in [0.29, 0.717) is 17.5 Å². The molecule has 2 aromatic carbocycles. The number of carbonyl (C=O) groups is 1. The molecule has 0 bridgehead atoms. The first-order valence-electron chi connectivity index (χ1n) is 7.99. The highest BCUT2D eigenvalue weighted by molar-refractivity contribution is 5.77. The van der Waals surface area contributed by atoms with Crippen molar-refractivity contribution in [3.8, 4) is 17.1 Å². The first-order chi connectivity index (χ1) is 12.1. The molecule has 1 aromatic heterocycles. The molecule has 3 rings (SSSR count). The fourth-order valence-corrected chi connectivity index (χ4v) is 2.32. The van der Waals surface area contributed by atoms with Gasteiger partial charge in [-0.25, -0.2) is 0 Å². The molecular weight excluding hydrogens is 318 g/mol. The minimum Gasteiger partial charge on any atom is -0.484 e. The highest BCUT2D eigenvalue weighted by Gasteiger charge is 2.17. The van der Waals surface area contributed by atoms with E-state index in [0.717, 1.165) is 11.1 Å². The van der Waals surface area contributed by atoms with Gasteiger partial charge < -0.3 is 14.6 Å². The number of aryl methyl sites for hydroxylation is 1. The summed E-state index contributed by atoms with van der Waals surface area (Å²) >= 11 is 0. The van der Waals surface area contributed by atoms with Gasteiger partial charge in [0.15, 0.2) is 6.61 Å². The van der Waals surface area contributed by atoms with Crippen LogP contribution in [0.4, 0.5) is 0 Å². The number of rotatable bonds is 6. The van der Waals surface area contributed by atoms with E-state index in [2.05, 4.69) is 15.5 Å². The lowest BCUT2D eigenvalue weighted by molar-refractivity contribution is -0.123. The van der Waals surface area contributed by atoms with Gasteiger partial charge in [0.2, 0.25) is 11.7 Å². The molecule has 0 aliphatic heterocycles. The monoisotopic (exact) mass is 337 g/mol. The van der Waals surface area contributed by atoms with Gasteiger partial charge in [-0.1, -0.05) is 47.1 Å². The zero-order valence-corrected chi connectivity index (χ0v) is 14.1. The maximum absolute atomic E-state index is 12.0. The number of hydrogen-bond donors (Lipinski definition) is 1. The Morgan fingerprint density at radius 1 is 1.20 bits per heavy atom. The van der Waals surface area contributed by atoms with Crippen molar-refractivity contribution in [3.63, 3.8) is 0 Å². The number of hydrogen-bond acceptors (Lipinski definition) is 5. The van der Waals surface area contributed by atoms with Crippen molar-refractivity contribution >= 4 is 5.91 Å². The summed E-state index contributed by atoms with van der Waals surface area (Å²) in [6, 6.07) is 16.6. The SMILES string of the molecule is Cc1cccc(-c2noc(C(C)NC(=O)COc3ccccc3)n2)c1. The normalized spacial score (nSPS) is 11.8. The van der Waals surface area contributed by atoms with E-state index in [1.165, 1.54) is 0 Å². The van der Waals surface area contributed by atoms with Gasteiger partial charge >= 0.3 is 0 Å². The molecule has 0 spiro atoms. The smallest absolute Gasteiger partial charge is 0.258 e. The third-order valence-corrected chi connectivity index (χ3v) is 3.58. The van der Waals surface area contributed by atoms with E-state index in [1.54, 1.807) is 19.1 Å². The van der Waals surface area contributed by atoms with Gasteiger partial charge in [-0.15, -0.1) is 0 Å². The van der Waals surface area contributed by atoms with Gasteiger partial charge in [0.05, 0.1) is 0 Å². The maximum atomic E-state index is 12.0. The summed E-state index contributed by atoms with van der Waals surface area (Å²) in [6.45, 7) is 3.71. The second-order valence-electron chi connectivity index (χ2n) is 5.72. The van der Waals surface area contributed by atoms with Gasteiger partial charge in [0.25, 0.3) is 5.91 Å². The van der Waals surface area contributed by atoms with Gasteiger partial charge in [-0.2, -0.15) is 4.98 Å². The topological polar surface area (TPSA) is 77.2 Å². The number of nitrogens with one attached hydrogen (secondary N) is 1. The average molecular weight is 337 g/mol. The summed E-state index contributed by atoms with van der Waals surface area (Å²) in [4.78, 5) is 16.4. The molecule has 0 radical (unpaired) electrons. The van der Waals surface area contributed by atoms with E-state index in [9.17, 15) is 4.79 Å². The van der Waals surface area contributed by atoms with Gasteiger partial charge in [-0.05, 0) is 32.0 Å². The average Bonchev–Trinajstić information content (AvgIpc) is 3.11. The zero-order chi connectivity index (χ0) is 17.6. The summed E-state index contributed by atoms with van der Waals surface area (Å²) in [5.74, 6) is 1.24. The van der Waals surface area contributed by atoms with Crippen molar-refractivity contribution in [2.24, 2.45) is 0 Å². The second-order valence-corrected chi connectivity index (χ2v) is 5.72. The molecule has 0 aliphatic rings. The molecule has 1 atom stereocenters. The molecule has 6 heteroatoms. The van der Waals surface area contributed by atoms with E-state index in [1.807, 2.05) is 49.4 Å². The molecule has 6 nitrogen and oxygen atoms in total. The molecule has 3 aromatic rings. The third-order valence-electron chi connectivity index (χ3n) is 3.58. The molecule has 0 saturated heterocycles. The van der Waals surface area contributed by atoms with Crippen molar-refractivity contribution in [3.05, 3.63) is 66.1 Å². The number of aromatic nitrogens is 2. The fourth-order valence-electron chi connectivity index (χ4n) is 2.32. The van der Waals surface area contributed by atoms with Crippen LogP contribution in [-0.2, 0) is 4.79 Å². The quantitative estimate of drug-likeness (QED) is 0.747. The Kier molecular flexibility index (Phi) is 5.09. The summed E-state index contributed by atoms with van der Waals surface area (Å²) in [6.07, 6.45) is 0. The Bertz CT molecular complexity index is 846. The highest BCUT2D eigenvalue weighted by Crippen LogP contribution is 2.19. The fraction of sp³-hybridized carbons (Fsp3) is 0.211. The van der Waals surface area contributed by atoms with Crippen molar-refractivity contribution in [2.75, 3.05) is 6.61 Å². The summed E-state index contributed by atoms with van der Waals surface area (Å²) in [5, 5.41) is 6.76. The number of benzene rings is 2. The lowest BCUT2D eigenvalue weighted by Crippen LogP contribution is -2.31. The predicted octanol–water partition coefficient (Wildman–Crippen LogP) is 3.30. The Labute approximate surface area is 145 Å². The van der Waals surface area contributed by atoms with E-state index in [4.69, 9.17) is 9.26 Å². The van der Waals surface area contributed by atoms with Crippen LogP contribution in [0.2, 0.25) is 0 Å². The highest BCUT2D eigenvalue weighted by atomic mass is 16.5. The van der Waals surface area contributed by atoms with Crippen LogP contribution >= 0.6 is 0 Å². The molecule has 1 amide bonds. The first kappa shape index (κ1) is 16.7. The molecule has 0 aliphatic carbocycles. The lowest BCUT2D eigenvalue weighted by Gasteiger charge is -2.10. The minimum atomic E-state index is -0.405.